The predicted octanol–water partition coefficient (Wildman–Crippen LogP) is 4.23. The number of anilines is 1. The maximum atomic E-state index is 12.5. The number of carbonyl (C=O) groups excluding carboxylic acids is 2. The minimum atomic E-state index is -0.0180. The number of aromatic nitrogens is 4. The molecule has 2 aromatic heterocycles. The van der Waals surface area contributed by atoms with Crippen molar-refractivity contribution in [2.24, 2.45) is 0 Å². The maximum absolute atomic E-state index is 12.5. The molecule has 2 heterocycles. The van der Waals surface area contributed by atoms with Gasteiger partial charge in [-0.3, -0.25) is 9.59 Å². The molecule has 3 rings (SSSR count). The van der Waals surface area contributed by atoms with Gasteiger partial charge < -0.3 is 5.32 Å². The van der Waals surface area contributed by atoms with Crippen LogP contribution in [-0.2, 0) is 4.79 Å². The number of fused-ring (bicyclic) bond motifs is 1. The molecule has 0 unspecified atom stereocenters. The van der Waals surface area contributed by atoms with E-state index in [1.54, 1.807) is 28.8 Å². The van der Waals surface area contributed by atoms with Crippen molar-refractivity contribution >= 4 is 34.9 Å². The Balaban J connectivity index is 1.55. The number of unbranched alkanes of at least 4 members (excludes halogenated alkanes) is 2. The van der Waals surface area contributed by atoms with E-state index in [1.807, 2.05) is 19.9 Å². The van der Waals surface area contributed by atoms with Crippen molar-refractivity contribution in [2.45, 2.75) is 51.6 Å². The lowest BCUT2D eigenvalue weighted by Crippen LogP contribution is -2.11. The monoisotopic (exact) mass is 411 g/mol. The van der Waals surface area contributed by atoms with Crippen molar-refractivity contribution < 1.29 is 9.59 Å². The van der Waals surface area contributed by atoms with Crippen LogP contribution in [0.1, 0.15) is 54.4 Å². The van der Waals surface area contributed by atoms with Gasteiger partial charge in [0.2, 0.25) is 11.1 Å². The Kier molecular flexibility index (Phi) is 6.98. The van der Waals surface area contributed by atoms with E-state index in [4.69, 9.17) is 0 Å². The summed E-state index contributed by atoms with van der Waals surface area (Å²) in [5.41, 5.74) is 3.13. The van der Waals surface area contributed by atoms with Gasteiger partial charge in [0.1, 0.15) is 0 Å². The van der Waals surface area contributed by atoms with Gasteiger partial charge in [0.25, 0.3) is 5.78 Å². The highest BCUT2D eigenvalue weighted by Crippen LogP contribution is 2.18. The van der Waals surface area contributed by atoms with Crippen molar-refractivity contribution in [1.82, 2.24) is 19.6 Å². The van der Waals surface area contributed by atoms with Crippen LogP contribution in [0.15, 0.2) is 35.5 Å². The van der Waals surface area contributed by atoms with E-state index in [9.17, 15) is 9.59 Å². The highest BCUT2D eigenvalue weighted by Gasteiger charge is 2.12. The fourth-order valence-electron chi connectivity index (χ4n) is 2.92. The second-order valence-corrected chi connectivity index (χ2v) is 7.88. The van der Waals surface area contributed by atoms with E-state index >= 15 is 0 Å². The standard InChI is InChI=1S/C21H25N5O2S/c1-4-5-6-7-19(28)23-17-10-8-16(9-11-17)18(27)13-29-21-24-20-22-14(2)12-15(3)26(20)25-21/h8-12H,4-7,13H2,1-3H3,(H,23,28). The van der Waals surface area contributed by atoms with Crippen LogP contribution in [0.5, 0.6) is 0 Å². The van der Waals surface area contributed by atoms with E-state index in [1.165, 1.54) is 11.8 Å². The first-order valence-electron chi connectivity index (χ1n) is 9.73. The van der Waals surface area contributed by atoms with Crippen LogP contribution < -0.4 is 5.32 Å². The summed E-state index contributed by atoms with van der Waals surface area (Å²) in [5, 5.41) is 7.79. The number of nitrogens with zero attached hydrogens (tertiary/aromatic N) is 4. The van der Waals surface area contributed by atoms with E-state index < -0.39 is 0 Å². The van der Waals surface area contributed by atoms with Crippen molar-refractivity contribution in [3.63, 3.8) is 0 Å². The van der Waals surface area contributed by atoms with Gasteiger partial charge in [-0.05, 0) is 50.6 Å². The van der Waals surface area contributed by atoms with Crippen LogP contribution in [0.3, 0.4) is 0 Å². The summed E-state index contributed by atoms with van der Waals surface area (Å²) in [6.07, 6.45) is 3.55. The molecule has 0 aliphatic rings. The summed E-state index contributed by atoms with van der Waals surface area (Å²) in [6, 6.07) is 8.92. The fourth-order valence-corrected chi connectivity index (χ4v) is 3.63. The van der Waals surface area contributed by atoms with E-state index in [-0.39, 0.29) is 17.4 Å². The molecule has 0 saturated carbocycles. The molecular weight excluding hydrogens is 386 g/mol. The zero-order valence-electron chi connectivity index (χ0n) is 16.9. The van der Waals surface area contributed by atoms with Crippen molar-refractivity contribution in [3.8, 4) is 0 Å². The Bertz CT molecular complexity index is 1010. The van der Waals surface area contributed by atoms with Crippen LogP contribution in [0.2, 0.25) is 0 Å². The highest BCUT2D eigenvalue weighted by molar-refractivity contribution is 7.99. The Labute approximate surface area is 174 Å². The third-order valence-electron chi connectivity index (χ3n) is 4.43. The Morgan fingerprint density at radius 2 is 1.86 bits per heavy atom. The van der Waals surface area contributed by atoms with Gasteiger partial charge in [-0.1, -0.05) is 31.5 Å². The molecule has 152 valence electrons. The molecule has 0 atom stereocenters. The number of ketones is 1. The van der Waals surface area contributed by atoms with Gasteiger partial charge in [0, 0.05) is 29.1 Å². The second-order valence-electron chi connectivity index (χ2n) is 6.94. The molecule has 0 aliphatic heterocycles. The quantitative estimate of drug-likeness (QED) is 0.322. The van der Waals surface area contributed by atoms with Gasteiger partial charge in [0.05, 0.1) is 5.75 Å². The summed E-state index contributed by atoms with van der Waals surface area (Å²) >= 11 is 1.29. The van der Waals surface area contributed by atoms with Crippen LogP contribution in [0.4, 0.5) is 5.69 Å². The van der Waals surface area contributed by atoms with Crippen LogP contribution in [0.25, 0.3) is 5.78 Å². The first kappa shape index (κ1) is 21.0. The lowest BCUT2D eigenvalue weighted by Gasteiger charge is -2.06. The average molecular weight is 412 g/mol. The number of aryl methyl sites for hydroxylation is 2. The van der Waals surface area contributed by atoms with Crippen molar-refractivity contribution in [1.29, 1.82) is 0 Å². The number of amides is 1. The first-order valence-corrected chi connectivity index (χ1v) is 10.7. The molecule has 1 N–H and O–H groups in total. The first-order chi connectivity index (χ1) is 14.0. The second kappa shape index (κ2) is 9.65. The number of hydrogen-bond donors (Lipinski definition) is 1. The number of hydrogen-bond acceptors (Lipinski definition) is 6. The molecule has 0 radical (unpaired) electrons. The molecule has 29 heavy (non-hydrogen) atoms. The SMILES string of the molecule is CCCCCC(=O)Nc1ccc(C(=O)CSc2nc3nc(C)cc(C)n3n2)cc1. The van der Waals surface area contributed by atoms with Gasteiger partial charge in [0.15, 0.2) is 5.78 Å². The minimum absolute atomic E-state index is 0.00476. The molecule has 7 nitrogen and oxygen atoms in total. The topological polar surface area (TPSA) is 89.2 Å². The molecule has 3 aromatic rings. The largest absolute Gasteiger partial charge is 0.326 e. The summed E-state index contributed by atoms with van der Waals surface area (Å²) in [4.78, 5) is 33.1. The number of benzene rings is 1. The molecule has 0 fully saturated rings. The lowest BCUT2D eigenvalue weighted by atomic mass is 10.1. The highest BCUT2D eigenvalue weighted by atomic mass is 32.2. The Morgan fingerprint density at radius 3 is 2.59 bits per heavy atom. The molecule has 8 heteroatoms. The normalized spacial score (nSPS) is 11.0. The summed E-state index contributed by atoms with van der Waals surface area (Å²) in [7, 11) is 0. The summed E-state index contributed by atoms with van der Waals surface area (Å²) < 4.78 is 1.68. The predicted molar refractivity (Wildman–Crippen MR) is 115 cm³/mol. The zero-order chi connectivity index (χ0) is 20.8. The molecule has 0 bridgehead atoms. The number of Topliss-reactive ketones (excluding diaryl/α,β-unsaturated/α-hetero) is 1. The number of thioether (sulfide) groups is 1. The molecular formula is C21H25N5O2S. The molecule has 1 aromatic carbocycles. The third-order valence-corrected chi connectivity index (χ3v) is 5.27. The van der Waals surface area contributed by atoms with Crippen LogP contribution >= 0.6 is 11.8 Å². The van der Waals surface area contributed by atoms with E-state index in [0.29, 0.717) is 28.6 Å². The Hall–Kier alpha value is -2.74. The van der Waals surface area contributed by atoms with Crippen LogP contribution in [0, 0.1) is 13.8 Å². The zero-order valence-corrected chi connectivity index (χ0v) is 17.8. The van der Waals surface area contributed by atoms with Crippen molar-refractivity contribution in [3.05, 3.63) is 47.3 Å². The summed E-state index contributed by atoms with van der Waals surface area (Å²) in [6.45, 7) is 5.96. The summed E-state index contributed by atoms with van der Waals surface area (Å²) in [5.74, 6) is 0.759. The van der Waals surface area contributed by atoms with Crippen LogP contribution in [-0.4, -0.2) is 37.0 Å². The molecule has 0 spiro atoms. The lowest BCUT2D eigenvalue weighted by molar-refractivity contribution is -0.116. The third kappa shape index (κ3) is 5.63. The van der Waals surface area contributed by atoms with Crippen molar-refractivity contribution in [2.75, 3.05) is 11.1 Å². The van der Waals surface area contributed by atoms with Gasteiger partial charge in [-0.25, -0.2) is 9.50 Å². The molecule has 0 saturated heterocycles. The van der Waals surface area contributed by atoms with Gasteiger partial charge >= 0.3 is 0 Å². The Morgan fingerprint density at radius 1 is 1.10 bits per heavy atom. The number of rotatable bonds is 9. The average Bonchev–Trinajstić information content (AvgIpc) is 3.10. The van der Waals surface area contributed by atoms with E-state index in [2.05, 4.69) is 27.3 Å². The maximum Gasteiger partial charge on any atom is 0.253 e. The van der Waals surface area contributed by atoms with E-state index in [0.717, 1.165) is 30.7 Å². The minimum Gasteiger partial charge on any atom is -0.326 e. The molecule has 1 amide bonds. The molecule has 0 aliphatic carbocycles. The number of nitrogens with one attached hydrogen (secondary N) is 1. The fraction of sp³-hybridized carbons (Fsp3) is 0.381. The van der Waals surface area contributed by atoms with Gasteiger partial charge in [-0.15, -0.1) is 5.10 Å². The number of carbonyl (C=O) groups is 2. The smallest absolute Gasteiger partial charge is 0.253 e. The van der Waals surface area contributed by atoms with Gasteiger partial charge in [-0.2, -0.15) is 4.98 Å².